The van der Waals surface area contributed by atoms with Gasteiger partial charge in [0.1, 0.15) is 6.04 Å². The Morgan fingerprint density at radius 2 is 2.33 bits per heavy atom. The summed E-state index contributed by atoms with van der Waals surface area (Å²) in [5.41, 5.74) is 7.25. The molecule has 0 aromatic rings. The van der Waals surface area contributed by atoms with Crippen LogP contribution in [-0.4, -0.2) is 54.5 Å². The Morgan fingerprint density at radius 1 is 1.62 bits per heavy atom. The summed E-state index contributed by atoms with van der Waals surface area (Å²) in [4.78, 5) is 29.5. The van der Waals surface area contributed by atoms with Gasteiger partial charge in [-0.15, -0.1) is 0 Å². The average Bonchev–Trinajstić information content (AvgIpc) is 2.78. The summed E-state index contributed by atoms with van der Waals surface area (Å²) < 4.78 is 27.7. The first-order valence-corrected chi connectivity index (χ1v) is 6.62. The van der Waals surface area contributed by atoms with Gasteiger partial charge in [0, 0.05) is 18.5 Å². The molecule has 9 heteroatoms. The molecule has 2 aliphatic heterocycles. The molecule has 4 N–H and O–H groups in total. The van der Waals surface area contributed by atoms with Crippen LogP contribution in [0.2, 0.25) is 0 Å². The molecule has 0 aromatic heterocycles. The molecule has 2 heterocycles. The van der Waals surface area contributed by atoms with Gasteiger partial charge >= 0.3 is 6.03 Å². The van der Waals surface area contributed by atoms with Gasteiger partial charge in [0.05, 0.1) is 12.6 Å². The fourth-order valence-electron chi connectivity index (χ4n) is 2.38. The van der Waals surface area contributed by atoms with E-state index in [1.54, 1.807) is 0 Å². The van der Waals surface area contributed by atoms with Crippen LogP contribution in [0.25, 0.3) is 0 Å². The molecule has 2 aliphatic rings. The second-order valence-electron chi connectivity index (χ2n) is 5.08. The van der Waals surface area contributed by atoms with Gasteiger partial charge in [0.15, 0.2) is 0 Å². The summed E-state index contributed by atoms with van der Waals surface area (Å²) >= 11 is 0. The third-order valence-corrected chi connectivity index (χ3v) is 3.60. The molecule has 3 amide bonds. The number of halogens is 2. The molecule has 0 aromatic carbocycles. The second kappa shape index (κ2) is 5.94. The van der Waals surface area contributed by atoms with Crippen molar-refractivity contribution in [2.24, 2.45) is 5.73 Å². The topological polar surface area (TPSA) is 96.7 Å². The zero-order valence-electron chi connectivity index (χ0n) is 11.4. The number of hydrogen-bond acceptors (Lipinski definition) is 4. The van der Waals surface area contributed by atoms with E-state index >= 15 is 0 Å². The Morgan fingerprint density at radius 3 is 3.00 bits per heavy atom. The van der Waals surface area contributed by atoms with E-state index in [1.807, 2.05) is 0 Å². The van der Waals surface area contributed by atoms with E-state index < -0.39 is 36.4 Å². The number of nitrogens with zero attached hydrogens (tertiary/aromatic N) is 1. The number of alkyl halides is 2. The van der Waals surface area contributed by atoms with Crippen molar-refractivity contribution in [1.82, 2.24) is 15.7 Å². The van der Waals surface area contributed by atoms with Gasteiger partial charge in [-0.2, -0.15) is 0 Å². The van der Waals surface area contributed by atoms with Crippen molar-refractivity contribution in [1.29, 1.82) is 0 Å². The van der Waals surface area contributed by atoms with E-state index in [2.05, 4.69) is 17.4 Å². The quantitative estimate of drug-likeness (QED) is 0.358. The lowest BCUT2D eigenvalue weighted by Crippen LogP contribution is -2.53. The van der Waals surface area contributed by atoms with Gasteiger partial charge in [0.25, 0.3) is 11.8 Å². The van der Waals surface area contributed by atoms with Crippen molar-refractivity contribution in [3.63, 3.8) is 0 Å². The maximum atomic E-state index is 13.8. The number of fused-ring (bicyclic) bond motifs is 2. The Kier molecular flexibility index (Phi) is 4.43. The Balaban J connectivity index is 1.98. The largest absolute Gasteiger partial charge is 0.330 e. The molecule has 0 radical (unpaired) electrons. The summed E-state index contributed by atoms with van der Waals surface area (Å²) in [6.07, 6.45) is -0.0874. The molecule has 118 valence electrons. The first-order valence-electron chi connectivity index (χ1n) is 6.62. The van der Waals surface area contributed by atoms with E-state index in [4.69, 9.17) is 10.6 Å². The van der Waals surface area contributed by atoms with Crippen LogP contribution in [0.5, 0.6) is 0 Å². The van der Waals surface area contributed by atoms with E-state index in [9.17, 15) is 18.4 Å². The van der Waals surface area contributed by atoms with Gasteiger partial charge in [-0.25, -0.2) is 19.1 Å². The summed E-state index contributed by atoms with van der Waals surface area (Å²) in [5, 5.41) is 2.21. The first kappa shape index (κ1) is 15.6. The SMILES string of the molecule is C=C(C(=O)NOCCCN)C1CC(F)(F)C2CN1C(=O)N2. The van der Waals surface area contributed by atoms with Crippen LogP contribution in [0, 0.1) is 0 Å². The number of carbonyl (C=O) groups is 2. The summed E-state index contributed by atoms with van der Waals surface area (Å²) in [5.74, 6) is -3.79. The highest BCUT2D eigenvalue weighted by molar-refractivity contribution is 5.94. The number of urea groups is 1. The van der Waals surface area contributed by atoms with Crippen molar-refractivity contribution < 1.29 is 23.2 Å². The fourth-order valence-corrected chi connectivity index (χ4v) is 2.38. The van der Waals surface area contributed by atoms with Gasteiger partial charge in [-0.3, -0.25) is 9.63 Å². The number of nitrogens with one attached hydrogen (secondary N) is 2. The van der Waals surface area contributed by atoms with Crippen LogP contribution < -0.4 is 16.5 Å². The average molecular weight is 304 g/mol. The smallest absolute Gasteiger partial charge is 0.318 e. The van der Waals surface area contributed by atoms with E-state index in [0.29, 0.717) is 13.0 Å². The van der Waals surface area contributed by atoms with Crippen LogP contribution in [0.15, 0.2) is 12.2 Å². The number of nitrogens with two attached hydrogens (primary N) is 1. The van der Waals surface area contributed by atoms with Crippen molar-refractivity contribution >= 4 is 11.9 Å². The minimum Gasteiger partial charge on any atom is -0.330 e. The predicted octanol–water partition coefficient (Wildman–Crippen LogP) is -0.259. The Bertz CT molecular complexity index is 458. The highest BCUT2D eigenvalue weighted by Crippen LogP contribution is 2.37. The molecule has 7 nitrogen and oxygen atoms in total. The van der Waals surface area contributed by atoms with Crippen molar-refractivity contribution in [3.8, 4) is 0 Å². The summed E-state index contributed by atoms with van der Waals surface area (Å²) in [6, 6.07) is -2.87. The highest BCUT2D eigenvalue weighted by atomic mass is 19.3. The lowest BCUT2D eigenvalue weighted by molar-refractivity contribution is -0.131. The molecule has 0 aliphatic carbocycles. The van der Waals surface area contributed by atoms with Crippen LogP contribution in [0.4, 0.5) is 13.6 Å². The van der Waals surface area contributed by atoms with Crippen molar-refractivity contribution in [3.05, 3.63) is 12.2 Å². The fraction of sp³-hybridized carbons (Fsp3) is 0.667. The zero-order valence-corrected chi connectivity index (χ0v) is 11.4. The maximum absolute atomic E-state index is 13.8. The zero-order chi connectivity index (χ0) is 15.6. The van der Waals surface area contributed by atoms with E-state index in [1.165, 1.54) is 4.90 Å². The molecule has 0 spiro atoms. The molecule has 0 saturated carbocycles. The molecule has 21 heavy (non-hydrogen) atoms. The number of piperidine rings is 1. The molecule has 2 bridgehead atoms. The molecule has 2 fully saturated rings. The van der Waals surface area contributed by atoms with Crippen LogP contribution in [0.3, 0.4) is 0 Å². The predicted molar refractivity (Wildman–Crippen MR) is 69.3 cm³/mol. The molecular weight excluding hydrogens is 286 g/mol. The standard InChI is InChI=1S/C12H18F2N4O3/c1-7(10(19)17-21-4-2-3-15)8-5-12(13,14)9-6-18(8)11(20)16-9/h8-9H,1-6,15H2,(H,16,20)(H,17,19). The van der Waals surface area contributed by atoms with Crippen LogP contribution in [-0.2, 0) is 9.63 Å². The van der Waals surface area contributed by atoms with E-state index in [-0.39, 0.29) is 18.7 Å². The normalized spacial score (nSPS) is 26.4. The van der Waals surface area contributed by atoms with Crippen molar-refractivity contribution in [2.75, 3.05) is 19.7 Å². The Labute approximate surface area is 120 Å². The monoisotopic (exact) mass is 304 g/mol. The minimum atomic E-state index is -3.07. The molecule has 2 rings (SSSR count). The lowest BCUT2D eigenvalue weighted by Gasteiger charge is -2.36. The number of hydrogen-bond donors (Lipinski definition) is 3. The first-order chi connectivity index (χ1) is 9.86. The van der Waals surface area contributed by atoms with Gasteiger partial charge in [-0.1, -0.05) is 6.58 Å². The summed E-state index contributed by atoms with van der Waals surface area (Å²) in [6.45, 7) is 3.99. The maximum Gasteiger partial charge on any atom is 0.318 e. The van der Waals surface area contributed by atoms with Crippen LogP contribution in [0.1, 0.15) is 12.8 Å². The molecule has 2 unspecified atom stereocenters. The number of hydroxylamine groups is 1. The van der Waals surface area contributed by atoms with Gasteiger partial charge in [0.2, 0.25) is 0 Å². The summed E-state index contributed by atoms with van der Waals surface area (Å²) in [7, 11) is 0. The number of carbonyl (C=O) groups excluding carboxylic acids is 2. The van der Waals surface area contributed by atoms with Crippen molar-refractivity contribution in [2.45, 2.75) is 30.8 Å². The molecule has 2 atom stereocenters. The number of rotatable bonds is 6. The van der Waals surface area contributed by atoms with Crippen LogP contribution >= 0.6 is 0 Å². The van der Waals surface area contributed by atoms with E-state index in [0.717, 1.165) is 0 Å². The van der Waals surface area contributed by atoms with Gasteiger partial charge < -0.3 is 16.0 Å². The minimum absolute atomic E-state index is 0.127. The second-order valence-corrected chi connectivity index (χ2v) is 5.08. The third kappa shape index (κ3) is 3.13. The molecule has 2 saturated heterocycles. The van der Waals surface area contributed by atoms with Gasteiger partial charge in [-0.05, 0) is 13.0 Å². The highest BCUT2D eigenvalue weighted by Gasteiger charge is 2.55. The number of amides is 3. The lowest BCUT2D eigenvalue weighted by atomic mass is 9.92. The molecular formula is C12H18F2N4O3. The Hall–Kier alpha value is -1.74. The third-order valence-electron chi connectivity index (χ3n) is 3.60.